The van der Waals surface area contributed by atoms with E-state index in [-0.39, 0.29) is 11.5 Å². The third kappa shape index (κ3) is 2.89. The number of carbonyl (C=O) groups excluding carboxylic acids is 1. The van der Waals surface area contributed by atoms with Crippen LogP contribution in [-0.4, -0.2) is 28.9 Å². The summed E-state index contributed by atoms with van der Waals surface area (Å²) in [7, 11) is 0. The standard InChI is InChI=1S/C13H14F2N2OS/c14-10-5-1-4-9(11(10)15)13(18)17-6-2-3-8(7-17)12(16)19/h1,4-5,8H,2-3,6-7H2,(H2,16,19). The molecule has 1 unspecified atom stereocenters. The van der Waals surface area contributed by atoms with E-state index in [0.717, 1.165) is 18.9 Å². The molecular weight excluding hydrogens is 270 g/mol. The Labute approximate surface area is 115 Å². The highest BCUT2D eigenvalue weighted by molar-refractivity contribution is 7.80. The summed E-state index contributed by atoms with van der Waals surface area (Å²) in [4.78, 5) is 14.0. The Morgan fingerprint density at radius 1 is 1.42 bits per heavy atom. The molecule has 0 aliphatic carbocycles. The molecule has 1 amide bonds. The van der Waals surface area contributed by atoms with Crippen molar-refractivity contribution in [3.8, 4) is 0 Å². The number of nitrogens with two attached hydrogens (primary N) is 1. The van der Waals surface area contributed by atoms with Crippen LogP contribution in [0.3, 0.4) is 0 Å². The molecule has 1 fully saturated rings. The smallest absolute Gasteiger partial charge is 0.256 e. The number of amides is 1. The highest BCUT2D eigenvalue weighted by Gasteiger charge is 2.27. The second-order valence-corrected chi connectivity index (χ2v) is 5.07. The molecule has 102 valence electrons. The molecule has 1 saturated heterocycles. The van der Waals surface area contributed by atoms with Crippen LogP contribution < -0.4 is 5.73 Å². The van der Waals surface area contributed by atoms with Crippen molar-refractivity contribution in [1.82, 2.24) is 4.90 Å². The first-order valence-corrected chi connectivity index (χ1v) is 6.44. The van der Waals surface area contributed by atoms with Crippen molar-refractivity contribution < 1.29 is 13.6 Å². The molecule has 0 aromatic heterocycles. The van der Waals surface area contributed by atoms with Crippen molar-refractivity contribution in [2.24, 2.45) is 11.7 Å². The van der Waals surface area contributed by atoms with E-state index in [1.807, 2.05) is 0 Å². The number of rotatable bonds is 2. The van der Waals surface area contributed by atoms with E-state index >= 15 is 0 Å². The minimum absolute atomic E-state index is 0.0516. The quantitative estimate of drug-likeness (QED) is 0.846. The van der Waals surface area contributed by atoms with Crippen molar-refractivity contribution in [2.75, 3.05) is 13.1 Å². The Morgan fingerprint density at radius 3 is 2.84 bits per heavy atom. The van der Waals surface area contributed by atoms with Gasteiger partial charge in [0, 0.05) is 19.0 Å². The molecule has 1 heterocycles. The summed E-state index contributed by atoms with van der Waals surface area (Å²) in [5.41, 5.74) is 5.33. The SMILES string of the molecule is NC(=S)C1CCCN(C(=O)c2cccc(F)c2F)C1. The van der Waals surface area contributed by atoms with Gasteiger partial charge in [-0.1, -0.05) is 18.3 Å². The predicted octanol–water partition coefficient (Wildman–Crippen LogP) is 2.10. The van der Waals surface area contributed by atoms with E-state index in [0.29, 0.717) is 18.1 Å². The van der Waals surface area contributed by atoms with Crippen LogP contribution >= 0.6 is 12.2 Å². The molecular formula is C13H14F2N2OS. The third-order valence-corrected chi connectivity index (χ3v) is 3.63. The third-order valence-electron chi connectivity index (χ3n) is 3.29. The largest absolute Gasteiger partial charge is 0.393 e. The van der Waals surface area contributed by atoms with E-state index in [1.54, 1.807) is 0 Å². The fraction of sp³-hybridized carbons (Fsp3) is 0.385. The van der Waals surface area contributed by atoms with Gasteiger partial charge in [-0.25, -0.2) is 8.78 Å². The molecule has 0 bridgehead atoms. The van der Waals surface area contributed by atoms with E-state index in [2.05, 4.69) is 0 Å². The van der Waals surface area contributed by atoms with Crippen LogP contribution in [0.4, 0.5) is 8.78 Å². The van der Waals surface area contributed by atoms with Gasteiger partial charge in [-0.15, -0.1) is 0 Å². The molecule has 1 aromatic carbocycles. The van der Waals surface area contributed by atoms with Crippen molar-refractivity contribution in [2.45, 2.75) is 12.8 Å². The van der Waals surface area contributed by atoms with Gasteiger partial charge in [-0.2, -0.15) is 0 Å². The topological polar surface area (TPSA) is 46.3 Å². The summed E-state index contributed by atoms with van der Waals surface area (Å²) in [5, 5.41) is 0. The second kappa shape index (κ2) is 5.61. The maximum absolute atomic E-state index is 13.6. The lowest BCUT2D eigenvalue weighted by Crippen LogP contribution is -2.43. The van der Waals surface area contributed by atoms with Gasteiger partial charge in [-0.3, -0.25) is 4.79 Å². The van der Waals surface area contributed by atoms with Crippen molar-refractivity contribution in [1.29, 1.82) is 0 Å². The Hall–Kier alpha value is -1.56. The van der Waals surface area contributed by atoms with Gasteiger partial charge in [0.25, 0.3) is 5.91 Å². The number of piperidine rings is 1. The van der Waals surface area contributed by atoms with Crippen LogP contribution in [-0.2, 0) is 0 Å². The average molecular weight is 284 g/mol. The summed E-state index contributed by atoms with van der Waals surface area (Å²) in [5.74, 6) is -2.69. The summed E-state index contributed by atoms with van der Waals surface area (Å²) in [6.45, 7) is 0.873. The number of hydrogen-bond acceptors (Lipinski definition) is 2. The molecule has 0 spiro atoms. The summed E-state index contributed by atoms with van der Waals surface area (Å²) in [6, 6.07) is 3.59. The fourth-order valence-electron chi connectivity index (χ4n) is 2.23. The number of thiocarbonyl (C=S) groups is 1. The first-order chi connectivity index (χ1) is 9.00. The van der Waals surface area contributed by atoms with Gasteiger partial charge in [0.2, 0.25) is 0 Å². The summed E-state index contributed by atoms with van der Waals surface area (Å²) in [6.07, 6.45) is 1.58. The lowest BCUT2D eigenvalue weighted by molar-refractivity contribution is 0.0697. The molecule has 2 N–H and O–H groups in total. The van der Waals surface area contributed by atoms with Gasteiger partial charge < -0.3 is 10.6 Å². The summed E-state index contributed by atoms with van der Waals surface area (Å²) < 4.78 is 26.7. The minimum Gasteiger partial charge on any atom is -0.393 e. The highest BCUT2D eigenvalue weighted by atomic mass is 32.1. The second-order valence-electron chi connectivity index (χ2n) is 4.59. The molecule has 19 heavy (non-hydrogen) atoms. The van der Waals surface area contributed by atoms with Gasteiger partial charge in [0.15, 0.2) is 11.6 Å². The van der Waals surface area contributed by atoms with Crippen molar-refractivity contribution >= 4 is 23.1 Å². The highest BCUT2D eigenvalue weighted by Crippen LogP contribution is 2.20. The van der Waals surface area contributed by atoms with Gasteiger partial charge in [-0.05, 0) is 25.0 Å². The molecule has 0 radical (unpaired) electrons. The molecule has 1 aliphatic heterocycles. The van der Waals surface area contributed by atoms with Gasteiger partial charge in [0.1, 0.15) is 0 Å². The number of benzene rings is 1. The molecule has 0 saturated carbocycles. The normalized spacial score (nSPS) is 19.3. The Kier molecular flexibility index (Phi) is 4.09. The van der Waals surface area contributed by atoms with E-state index in [1.165, 1.54) is 17.0 Å². The zero-order valence-electron chi connectivity index (χ0n) is 10.2. The Morgan fingerprint density at radius 2 is 2.16 bits per heavy atom. The predicted molar refractivity (Wildman–Crippen MR) is 71.8 cm³/mol. The fourth-order valence-corrected chi connectivity index (χ4v) is 2.43. The first-order valence-electron chi connectivity index (χ1n) is 6.03. The first kappa shape index (κ1) is 13.9. The monoisotopic (exact) mass is 284 g/mol. The number of likely N-dealkylation sites (tertiary alicyclic amines) is 1. The van der Waals surface area contributed by atoms with Gasteiger partial charge in [0.05, 0.1) is 10.6 Å². The lowest BCUT2D eigenvalue weighted by Gasteiger charge is -2.32. The molecule has 3 nitrogen and oxygen atoms in total. The van der Waals surface area contributed by atoms with Crippen LogP contribution in [0.5, 0.6) is 0 Å². The van der Waals surface area contributed by atoms with Crippen LogP contribution in [0.2, 0.25) is 0 Å². The number of hydrogen-bond donors (Lipinski definition) is 1. The maximum atomic E-state index is 13.6. The van der Waals surface area contributed by atoms with Crippen LogP contribution in [0, 0.1) is 17.6 Å². The van der Waals surface area contributed by atoms with E-state index in [9.17, 15) is 13.6 Å². The number of nitrogens with zero attached hydrogens (tertiary/aromatic N) is 1. The maximum Gasteiger partial charge on any atom is 0.256 e. The van der Waals surface area contributed by atoms with E-state index < -0.39 is 17.5 Å². The van der Waals surface area contributed by atoms with Crippen LogP contribution in [0.25, 0.3) is 0 Å². The average Bonchev–Trinajstić information content (AvgIpc) is 2.41. The number of carbonyl (C=O) groups is 1. The minimum atomic E-state index is -1.11. The van der Waals surface area contributed by atoms with Crippen molar-refractivity contribution in [3.63, 3.8) is 0 Å². The lowest BCUT2D eigenvalue weighted by atomic mass is 9.97. The molecule has 2 rings (SSSR count). The molecule has 1 aromatic rings. The number of halogens is 2. The Bertz CT molecular complexity index is 521. The van der Waals surface area contributed by atoms with E-state index in [4.69, 9.17) is 18.0 Å². The zero-order valence-corrected chi connectivity index (χ0v) is 11.1. The molecule has 6 heteroatoms. The molecule has 1 aliphatic rings. The van der Waals surface area contributed by atoms with Crippen molar-refractivity contribution in [3.05, 3.63) is 35.4 Å². The van der Waals surface area contributed by atoms with Crippen LogP contribution in [0.1, 0.15) is 23.2 Å². The Balaban J connectivity index is 2.19. The summed E-state index contributed by atoms with van der Waals surface area (Å²) >= 11 is 4.92. The van der Waals surface area contributed by atoms with Gasteiger partial charge >= 0.3 is 0 Å². The van der Waals surface area contributed by atoms with Crippen LogP contribution in [0.15, 0.2) is 18.2 Å². The zero-order chi connectivity index (χ0) is 14.0. The molecule has 1 atom stereocenters.